The molecule has 5 aromatic rings. The van der Waals surface area contributed by atoms with Gasteiger partial charge in [-0.05, 0) is 30.7 Å². The minimum Gasteiger partial charge on any atom is -0.298 e. The molecule has 0 unspecified atom stereocenters. The topological polar surface area (TPSA) is 116 Å². The van der Waals surface area contributed by atoms with Gasteiger partial charge < -0.3 is 0 Å². The maximum atomic E-state index is 12.3. The highest BCUT2D eigenvalue weighted by Crippen LogP contribution is 2.29. The van der Waals surface area contributed by atoms with Crippen molar-refractivity contribution in [3.8, 4) is 23.0 Å². The first-order valence-electron chi connectivity index (χ1n) is 8.40. The van der Waals surface area contributed by atoms with Crippen LogP contribution >= 0.6 is 0 Å². The lowest BCUT2D eigenvalue weighted by Gasteiger charge is -2.10. The third kappa shape index (κ3) is 2.33. The normalized spacial score (nSPS) is 10.9. The van der Waals surface area contributed by atoms with E-state index in [4.69, 9.17) is 0 Å². The Balaban J connectivity index is 1.85. The standard InChI is InChI=1S/C20H11N7O/c1-11-14(8-21)10-27(26-11)20-15(7-16-18(28)4-5-22-19(16)24-20)12-2-3-17-13(6-12)9-23-25-17/h2-3,6-7,9-10H,1H3,(H,22,24)(H,23,25). The summed E-state index contributed by atoms with van der Waals surface area (Å²) >= 11 is 0. The first-order valence-corrected chi connectivity index (χ1v) is 8.40. The lowest BCUT2D eigenvalue weighted by atomic mass is 10.0. The number of aryl methyl sites for hydroxylation is 1. The van der Waals surface area contributed by atoms with Gasteiger partial charge >= 0.3 is 0 Å². The van der Waals surface area contributed by atoms with Crippen LogP contribution < -0.4 is 5.43 Å². The molecule has 8 nitrogen and oxygen atoms in total. The lowest BCUT2D eigenvalue weighted by molar-refractivity contribution is 0.838. The molecule has 0 atom stereocenters. The van der Waals surface area contributed by atoms with Crippen LogP contribution in [0.3, 0.4) is 0 Å². The first kappa shape index (κ1) is 15.8. The zero-order chi connectivity index (χ0) is 19.3. The van der Waals surface area contributed by atoms with Gasteiger partial charge in [0.15, 0.2) is 11.5 Å². The van der Waals surface area contributed by atoms with Crippen molar-refractivity contribution in [2.45, 2.75) is 6.92 Å². The Hall–Kier alpha value is -4.43. The zero-order valence-electron chi connectivity index (χ0n) is 14.6. The van der Waals surface area contributed by atoms with E-state index >= 15 is 0 Å². The lowest BCUT2D eigenvalue weighted by Crippen LogP contribution is -2.06. The molecule has 0 bridgehead atoms. The van der Waals surface area contributed by atoms with Crippen LogP contribution in [-0.4, -0.2) is 29.9 Å². The van der Waals surface area contributed by atoms with Crippen LogP contribution in [0.15, 0.2) is 41.5 Å². The van der Waals surface area contributed by atoms with Crippen LogP contribution in [0, 0.1) is 30.5 Å². The number of aromatic amines is 2. The number of nitrogens with one attached hydrogen (secondary N) is 2. The van der Waals surface area contributed by atoms with Crippen LogP contribution in [0.2, 0.25) is 0 Å². The van der Waals surface area contributed by atoms with E-state index in [9.17, 15) is 10.1 Å². The van der Waals surface area contributed by atoms with E-state index in [1.165, 1.54) is 0 Å². The number of hydrogen-bond acceptors (Lipinski definition) is 5. The highest BCUT2D eigenvalue weighted by molar-refractivity contribution is 5.89. The van der Waals surface area contributed by atoms with Crippen molar-refractivity contribution in [3.63, 3.8) is 0 Å². The summed E-state index contributed by atoms with van der Waals surface area (Å²) < 4.78 is 1.55. The maximum absolute atomic E-state index is 12.3. The van der Waals surface area contributed by atoms with Crippen molar-refractivity contribution in [3.05, 3.63) is 70.4 Å². The van der Waals surface area contributed by atoms with Crippen LogP contribution in [-0.2, 0) is 0 Å². The van der Waals surface area contributed by atoms with Crippen molar-refractivity contribution in [1.82, 2.24) is 29.9 Å². The molecule has 0 saturated carbocycles. The summed E-state index contributed by atoms with van der Waals surface area (Å²) in [4.78, 5) is 19.7. The molecule has 0 radical (unpaired) electrons. The van der Waals surface area contributed by atoms with Crippen LogP contribution in [0.5, 0.6) is 0 Å². The van der Waals surface area contributed by atoms with Gasteiger partial charge in [0, 0.05) is 23.2 Å². The Bertz CT molecular complexity index is 1470. The van der Waals surface area contributed by atoms with Crippen molar-refractivity contribution in [2.24, 2.45) is 0 Å². The van der Waals surface area contributed by atoms with Gasteiger partial charge in [-0.15, -0.1) is 0 Å². The molecule has 0 saturated heterocycles. The summed E-state index contributed by atoms with van der Waals surface area (Å²) in [5.41, 5.74) is 3.58. The quantitative estimate of drug-likeness (QED) is 0.498. The third-order valence-corrected chi connectivity index (χ3v) is 4.59. The van der Waals surface area contributed by atoms with E-state index < -0.39 is 0 Å². The molecule has 0 amide bonds. The molecule has 2 N–H and O–H groups in total. The number of rotatable bonds is 2. The summed E-state index contributed by atoms with van der Waals surface area (Å²) in [7, 11) is 0. The summed E-state index contributed by atoms with van der Waals surface area (Å²) in [5, 5.41) is 22.0. The van der Waals surface area contributed by atoms with E-state index in [0.717, 1.165) is 16.5 Å². The summed E-state index contributed by atoms with van der Waals surface area (Å²) in [6.07, 6.45) is 5.93. The largest absolute Gasteiger partial charge is 0.298 e. The van der Waals surface area contributed by atoms with Crippen molar-refractivity contribution in [1.29, 1.82) is 5.26 Å². The van der Waals surface area contributed by atoms with Gasteiger partial charge in [-0.3, -0.25) is 14.9 Å². The average Bonchev–Trinajstić information content (AvgIpc) is 3.32. The highest BCUT2D eigenvalue weighted by atomic mass is 16.1. The predicted octanol–water partition coefficient (Wildman–Crippen LogP) is 2.43. The number of aromatic nitrogens is 6. The van der Waals surface area contributed by atoms with Crippen LogP contribution in [0.25, 0.3) is 38.9 Å². The van der Waals surface area contributed by atoms with Gasteiger partial charge in [0.1, 0.15) is 6.07 Å². The second-order valence-electron chi connectivity index (χ2n) is 6.32. The fourth-order valence-electron chi connectivity index (χ4n) is 3.16. The summed E-state index contributed by atoms with van der Waals surface area (Å²) in [6, 6.07) is 12.2. The number of pyridine rings is 1. The van der Waals surface area contributed by atoms with E-state index in [2.05, 4.69) is 43.6 Å². The van der Waals surface area contributed by atoms with Crippen molar-refractivity contribution >= 4 is 21.9 Å². The number of benzene rings is 1. The van der Waals surface area contributed by atoms with Gasteiger partial charge in [-0.2, -0.15) is 15.5 Å². The second kappa shape index (κ2) is 5.79. The van der Waals surface area contributed by atoms with Crippen molar-refractivity contribution < 1.29 is 0 Å². The molecular weight excluding hydrogens is 354 g/mol. The number of nitriles is 1. The first-order chi connectivity index (χ1) is 13.6. The summed E-state index contributed by atoms with van der Waals surface area (Å²) in [6.45, 7) is 1.76. The predicted molar refractivity (Wildman–Crippen MR) is 102 cm³/mol. The van der Waals surface area contributed by atoms with Gasteiger partial charge in [-0.25, -0.2) is 9.67 Å². The Morgan fingerprint density at radius 2 is 2.18 bits per heavy atom. The second-order valence-corrected chi connectivity index (χ2v) is 6.32. The van der Waals surface area contributed by atoms with Gasteiger partial charge in [0.25, 0.3) is 0 Å². The van der Waals surface area contributed by atoms with Crippen LogP contribution in [0.4, 0.5) is 0 Å². The number of hydrogen-bond donors (Lipinski definition) is 2. The molecule has 0 aliphatic heterocycles. The average molecular weight is 365 g/mol. The minimum absolute atomic E-state index is 0.298. The molecule has 0 aliphatic rings. The van der Waals surface area contributed by atoms with Gasteiger partial charge in [-0.1, -0.05) is 6.07 Å². The number of H-pyrrole nitrogens is 2. The highest BCUT2D eigenvalue weighted by Gasteiger charge is 2.16. The molecule has 0 spiro atoms. The molecule has 28 heavy (non-hydrogen) atoms. The molecule has 4 heterocycles. The Labute approximate surface area is 158 Å². The van der Waals surface area contributed by atoms with E-state index in [-0.39, 0.29) is 5.43 Å². The molecule has 0 aliphatic carbocycles. The molecule has 5 rings (SSSR count). The van der Waals surface area contributed by atoms with Gasteiger partial charge in [0.05, 0.1) is 34.6 Å². The van der Waals surface area contributed by atoms with Crippen molar-refractivity contribution in [2.75, 3.05) is 0 Å². The molecule has 132 valence electrons. The van der Waals surface area contributed by atoms with E-state index in [1.54, 1.807) is 30.1 Å². The molecule has 1 aromatic carbocycles. The fourth-order valence-corrected chi connectivity index (χ4v) is 3.16. The Morgan fingerprint density at radius 3 is 3.00 bits per heavy atom. The zero-order valence-corrected chi connectivity index (χ0v) is 14.6. The fraction of sp³-hybridized carbons (Fsp3) is 0.0500. The smallest absolute Gasteiger partial charge is 0.241 e. The number of fused-ring (bicyclic) bond motifs is 2. The molecule has 0 fully saturated rings. The molecule has 8 heteroatoms. The summed E-state index contributed by atoms with van der Waals surface area (Å²) in [5.74, 6) is 0.496. The number of nitrogens with zero attached hydrogens (tertiary/aromatic N) is 5. The van der Waals surface area contributed by atoms with Crippen LogP contribution in [0.1, 0.15) is 11.3 Å². The van der Waals surface area contributed by atoms with E-state index in [1.807, 2.05) is 18.2 Å². The molecule has 4 aromatic heterocycles. The van der Waals surface area contributed by atoms with E-state index in [0.29, 0.717) is 33.7 Å². The maximum Gasteiger partial charge on any atom is 0.241 e. The minimum atomic E-state index is -0.298. The van der Waals surface area contributed by atoms with Gasteiger partial charge in [0.2, 0.25) is 5.43 Å². The third-order valence-electron chi connectivity index (χ3n) is 4.59. The Morgan fingerprint density at radius 1 is 1.29 bits per heavy atom. The Kier molecular flexibility index (Phi) is 3.27. The monoisotopic (exact) mass is 365 g/mol. The SMILES string of the molecule is Cc1nn(-c2nc3[nH]c#cc(=O)c3cc2-c2ccc3[nH]ncc3c2)cc1C#N. The molecular formula is C20H11N7O.